The van der Waals surface area contributed by atoms with Crippen LogP contribution in [0.1, 0.15) is 45.2 Å². The van der Waals surface area contributed by atoms with Crippen molar-refractivity contribution in [2.24, 2.45) is 11.5 Å². The van der Waals surface area contributed by atoms with Gasteiger partial charge in [-0.15, -0.1) is 0 Å². The number of urea groups is 1. The van der Waals surface area contributed by atoms with Crippen LogP contribution < -0.4 is 16.8 Å². The number of carbonyl (C=O) groups is 1. The van der Waals surface area contributed by atoms with E-state index in [2.05, 4.69) is 17.4 Å². The van der Waals surface area contributed by atoms with Crippen molar-refractivity contribution in [1.29, 1.82) is 0 Å². The van der Waals surface area contributed by atoms with Crippen LogP contribution in [0.3, 0.4) is 0 Å². The van der Waals surface area contributed by atoms with Gasteiger partial charge in [0.15, 0.2) is 0 Å². The molecule has 0 bridgehead atoms. The highest BCUT2D eigenvalue weighted by molar-refractivity contribution is 6.61. The van der Waals surface area contributed by atoms with Crippen molar-refractivity contribution < 1.29 is 31.4 Å². The number of rotatable bonds is 17. The molecule has 0 saturated heterocycles. The fourth-order valence-electron chi connectivity index (χ4n) is 3.27. The molecule has 198 valence electrons. The minimum atomic E-state index is -2.57. The highest BCUT2D eigenvalue weighted by atomic mass is 28.4. The maximum atomic E-state index is 10.4. The summed E-state index contributed by atoms with van der Waals surface area (Å²) in [6.45, 7) is 8.22. The van der Waals surface area contributed by atoms with Crippen molar-refractivity contribution in [2.75, 3.05) is 47.7 Å². The van der Waals surface area contributed by atoms with Gasteiger partial charge in [-0.1, -0.05) is 30.3 Å². The number of benzene rings is 1. The molecule has 1 rings (SSSR count). The number of hydrogen-bond acceptors (Lipinski definition) is 8. The lowest BCUT2D eigenvalue weighted by Crippen LogP contribution is -2.46. The van der Waals surface area contributed by atoms with Crippen molar-refractivity contribution in [3.05, 3.63) is 35.9 Å². The van der Waals surface area contributed by atoms with Crippen LogP contribution in [0.15, 0.2) is 30.3 Å². The van der Waals surface area contributed by atoms with Crippen molar-refractivity contribution >= 4 is 23.6 Å². The molecule has 0 aliphatic heterocycles. The number of hydrogen-bond donors (Lipinski definition) is 3. The standard InChI is InChI=1S/C15H27NO3Si.C7H18N2O4Si/c1-4-17-20(18-5-2,19-6-3)13-12-15(16)14-10-8-7-9-11-14;1-11-14(12-2,13-3)6-4-5-9-7(8)10/h7-11,15H,4-6,12-13,16H2,1-3H3;4-6H2,1-3H3,(H3,8,9,10). The van der Waals surface area contributed by atoms with E-state index >= 15 is 0 Å². The van der Waals surface area contributed by atoms with Crippen LogP contribution in [-0.2, 0) is 26.6 Å². The number of carbonyl (C=O) groups excluding carboxylic acids is 1. The minimum absolute atomic E-state index is 0.00977. The fourth-order valence-corrected chi connectivity index (χ4v) is 7.66. The van der Waals surface area contributed by atoms with E-state index in [1.165, 1.54) is 0 Å². The smallest absolute Gasteiger partial charge is 0.377 e. The Kier molecular flexibility index (Phi) is 18.2. The zero-order chi connectivity index (χ0) is 25.9. The van der Waals surface area contributed by atoms with E-state index in [1.54, 1.807) is 21.3 Å². The Morgan fingerprint density at radius 1 is 0.882 bits per heavy atom. The first kappa shape index (κ1) is 32.6. The topological polar surface area (TPSA) is 137 Å². The average molecular weight is 520 g/mol. The van der Waals surface area contributed by atoms with Gasteiger partial charge >= 0.3 is 23.6 Å². The first-order valence-corrected chi connectivity index (χ1v) is 15.5. The third-order valence-corrected chi connectivity index (χ3v) is 10.9. The highest BCUT2D eigenvalue weighted by Crippen LogP contribution is 2.24. The van der Waals surface area contributed by atoms with Gasteiger partial charge in [0.25, 0.3) is 0 Å². The summed E-state index contributed by atoms with van der Waals surface area (Å²) in [7, 11) is -0.384. The number of nitrogens with two attached hydrogens (primary N) is 2. The van der Waals surface area contributed by atoms with Gasteiger partial charge in [0.05, 0.1) is 0 Å². The summed E-state index contributed by atoms with van der Waals surface area (Å²) in [5.41, 5.74) is 12.3. The molecular weight excluding hydrogens is 474 g/mol. The van der Waals surface area contributed by atoms with Gasteiger partial charge in [-0.25, -0.2) is 4.79 Å². The summed E-state index contributed by atoms with van der Waals surface area (Å²) >= 11 is 0. The molecule has 12 heteroatoms. The highest BCUT2D eigenvalue weighted by Gasteiger charge is 2.40. The third kappa shape index (κ3) is 12.9. The zero-order valence-corrected chi connectivity index (χ0v) is 23.6. The minimum Gasteiger partial charge on any atom is -0.377 e. The summed E-state index contributed by atoms with van der Waals surface area (Å²) < 4.78 is 33.1. The monoisotopic (exact) mass is 519 g/mol. The van der Waals surface area contributed by atoms with Gasteiger partial charge in [0.2, 0.25) is 0 Å². The summed E-state index contributed by atoms with van der Waals surface area (Å²) in [4.78, 5) is 10.4. The summed E-state index contributed by atoms with van der Waals surface area (Å²) in [5, 5.41) is 2.48. The van der Waals surface area contributed by atoms with Gasteiger partial charge in [0.1, 0.15) is 0 Å². The summed E-state index contributed by atoms with van der Waals surface area (Å²) in [5.74, 6) is 0. The first-order chi connectivity index (χ1) is 16.3. The first-order valence-electron chi connectivity index (χ1n) is 11.7. The number of primary amides is 1. The van der Waals surface area contributed by atoms with E-state index in [1.807, 2.05) is 39.0 Å². The van der Waals surface area contributed by atoms with Crippen LogP contribution in [-0.4, -0.2) is 71.3 Å². The van der Waals surface area contributed by atoms with Crippen molar-refractivity contribution in [2.45, 2.75) is 51.7 Å². The molecule has 34 heavy (non-hydrogen) atoms. The van der Waals surface area contributed by atoms with Crippen LogP contribution in [0.2, 0.25) is 12.1 Å². The maximum absolute atomic E-state index is 10.4. The number of nitrogens with one attached hydrogen (secondary N) is 1. The SMILES string of the molecule is CCO[Si](CCC(N)c1ccccc1)(OCC)OCC.CO[Si](CCCNC(N)=O)(OC)OC. The molecule has 0 radical (unpaired) electrons. The molecule has 2 amide bonds. The van der Waals surface area contributed by atoms with Crippen molar-refractivity contribution in [3.8, 4) is 0 Å². The Balaban J connectivity index is 0.000000686. The summed E-state index contributed by atoms with van der Waals surface area (Å²) in [6.07, 6.45) is 1.51. The lowest BCUT2D eigenvalue weighted by Gasteiger charge is -2.29. The van der Waals surface area contributed by atoms with Gasteiger partial charge in [-0.3, -0.25) is 0 Å². The van der Waals surface area contributed by atoms with Crippen LogP contribution in [0.5, 0.6) is 0 Å². The Morgan fingerprint density at radius 3 is 1.79 bits per heavy atom. The van der Waals surface area contributed by atoms with Crippen molar-refractivity contribution in [3.63, 3.8) is 0 Å². The molecule has 0 aliphatic rings. The molecule has 0 saturated carbocycles. The van der Waals surface area contributed by atoms with E-state index < -0.39 is 23.6 Å². The van der Waals surface area contributed by atoms with Crippen LogP contribution in [0.4, 0.5) is 4.79 Å². The Hall–Kier alpha value is -1.36. The Morgan fingerprint density at radius 2 is 1.38 bits per heavy atom. The molecule has 0 aromatic heterocycles. The van der Waals surface area contributed by atoms with Crippen molar-refractivity contribution in [1.82, 2.24) is 5.32 Å². The van der Waals surface area contributed by atoms with E-state index in [4.69, 9.17) is 38.0 Å². The molecule has 0 aliphatic carbocycles. The number of amides is 2. The second-order valence-corrected chi connectivity index (χ2v) is 13.1. The molecule has 10 nitrogen and oxygen atoms in total. The fraction of sp³-hybridized carbons (Fsp3) is 0.682. The van der Waals surface area contributed by atoms with E-state index in [0.29, 0.717) is 38.8 Å². The Bertz CT molecular complexity index is 615. The van der Waals surface area contributed by atoms with E-state index in [-0.39, 0.29) is 6.04 Å². The summed E-state index contributed by atoms with van der Waals surface area (Å²) in [6, 6.07) is 11.0. The van der Waals surface area contributed by atoms with Crippen LogP contribution in [0.25, 0.3) is 0 Å². The molecule has 1 unspecified atom stereocenters. The van der Waals surface area contributed by atoms with Crippen LogP contribution in [0, 0.1) is 0 Å². The van der Waals surface area contributed by atoms with Gasteiger partial charge in [-0.2, -0.15) is 0 Å². The quantitative estimate of drug-likeness (QED) is 0.211. The molecule has 5 N–H and O–H groups in total. The molecule has 1 aromatic carbocycles. The molecule has 0 spiro atoms. The lowest BCUT2D eigenvalue weighted by molar-refractivity contribution is 0.0703. The zero-order valence-electron chi connectivity index (χ0n) is 21.6. The second-order valence-electron chi connectivity index (χ2n) is 7.23. The maximum Gasteiger partial charge on any atom is 0.500 e. The predicted octanol–water partition coefficient (Wildman–Crippen LogP) is 3.05. The lowest BCUT2D eigenvalue weighted by atomic mass is 10.1. The van der Waals surface area contributed by atoms with Gasteiger partial charge in [0, 0.05) is 65.8 Å². The molecule has 1 atom stereocenters. The van der Waals surface area contributed by atoms with Gasteiger partial charge < -0.3 is 43.3 Å². The van der Waals surface area contributed by atoms with E-state index in [9.17, 15) is 4.79 Å². The van der Waals surface area contributed by atoms with E-state index in [0.717, 1.165) is 18.0 Å². The largest absolute Gasteiger partial charge is 0.500 e. The third-order valence-electron chi connectivity index (χ3n) is 4.97. The molecule has 0 fully saturated rings. The van der Waals surface area contributed by atoms with Crippen LogP contribution >= 0.6 is 0 Å². The normalized spacial score (nSPS) is 12.6. The molecule has 1 aromatic rings. The second kappa shape index (κ2) is 18.9. The predicted molar refractivity (Wildman–Crippen MR) is 137 cm³/mol. The van der Waals surface area contributed by atoms with Gasteiger partial charge in [-0.05, 0) is 39.2 Å². The Labute approximate surface area is 207 Å². The molecular formula is C22H45N3O7Si2. The molecule has 0 heterocycles. The average Bonchev–Trinajstić information content (AvgIpc) is 2.84.